The van der Waals surface area contributed by atoms with Crippen molar-refractivity contribution >= 4 is 33.9 Å². The molecule has 0 fully saturated rings. The van der Waals surface area contributed by atoms with Gasteiger partial charge in [0.2, 0.25) is 0 Å². The number of hydrazine groups is 1. The molecule has 4 aliphatic heterocycles. The highest BCUT2D eigenvalue weighted by Crippen LogP contribution is 2.49. The van der Waals surface area contributed by atoms with Crippen LogP contribution in [0.2, 0.25) is 0 Å². The van der Waals surface area contributed by atoms with Gasteiger partial charge in [0, 0.05) is 18.0 Å². The highest BCUT2D eigenvalue weighted by molar-refractivity contribution is 6.06. The van der Waals surface area contributed by atoms with E-state index in [1.807, 2.05) is 38.0 Å². The van der Waals surface area contributed by atoms with Crippen LogP contribution in [0.3, 0.4) is 0 Å². The van der Waals surface area contributed by atoms with Gasteiger partial charge in [0.05, 0.1) is 35.8 Å². The first-order chi connectivity index (χ1) is 14.0. The third-order valence-electron chi connectivity index (χ3n) is 5.73. The Bertz CT molecular complexity index is 1300. The standard InChI is InChI=1S/C20H18N8O/c1-9-4-5-12-11(6-22-25-12)18(9)28-8-14(29)17-15-19(28)16-13(23-10(2)24-16)7-21-20(15)27(3)26-17/h4-7,17,26H,8H2,1-3H3,(H,22,25). The summed E-state index contributed by atoms with van der Waals surface area (Å²) in [6.07, 6.45) is 3.54. The second-order valence-electron chi connectivity index (χ2n) is 7.58. The molecule has 0 saturated heterocycles. The number of aromatic amines is 1. The van der Waals surface area contributed by atoms with E-state index in [2.05, 4.69) is 30.5 Å². The van der Waals surface area contributed by atoms with E-state index in [4.69, 9.17) is 4.98 Å². The molecule has 0 aliphatic carbocycles. The lowest BCUT2D eigenvalue weighted by Crippen LogP contribution is -2.41. The van der Waals surface area contributed by atoms with E-state index in [1.165, 1.54) is 0 Å². The fourth-order valence-electron chi connectivity index (χ4n) is 4.51. The van der Waals surface area contributed by atoms with Gasteiger partial charge in [0.1, 0.15) is 29.1 Å². The Labute approximate surface area is 166 Å². The second kappa shape index (κ2) is 5.48. The maximum atomic E-state index is 13.2. The molecular weight excluding hydrogens is 368 g/mol. The predicted molar refractivity (Wildman–Crippen MR) is 108 cm³/mol. The molecule has 1 aromatic carbocycles. The van der Waals surface area contributed by atoms with Gasteiger partial charge in [-0.25, -0.2) is 20.4 Å². The number of carbonyl (C=O) groups is 1. The Morgan fingerprint density at radius 1 is 1.14 bits per heavy atom. The maximum Gasteiger partial charge on any atom is 0.175 e. The highest BCUT2D eigenvalue weighted by atomic mass is 16.1. The quantitative estimate of drug-likeness (QED) is 0.513. The van der Waals surface area contributed by atoms with E-state index in [0.29, 0.717) is 5.82 Å². The number of nitrogens with one attached hydrogen (secondary N) is 2. The highest BCUT2D eigenvalue weighted by Gasteiger charge is 2.43. The molecule has 9 heteroatoms. The van der Waals surface area contributed by atoms with Gasteiger partial charge in [-0.3, -0.25) is 14.9 Å². The van der Waals surface area contributed by atoms with Crippen molar-refractivity contribution in [3.63, 3.8) is 0 Å². The van der Waals surface area contributed by atoms with Crippen LogP contribution in [0.5, 0.6) is 0 Å². The van der Waals surface area contributed by atoms with Crippen LogP contribution < -0.4 is 15.3 Å². The molecule has 9 nitrogen and oxygen atoms in total. The first-order valence-corrected chi connectivity index (χ1v) is 9.43. The summed E-state index contributed by atoms with van der Waals surface area (Å²) in [4.78, 5) is 29.1. The molecule has 6 rings (SSSR count). The number of ketones is 1. The summed E-state index contributed by atoms with van der Waals surface area (Å²) >= 11 is 0. The lowest BCUT2D eigenvalue weighted by molar-refractivity contribution is -0.119. The first-order valence-electron chi connectivity index (χ1n) is 9.43. The fraction of sp³-hybridized carbons (Fsp3) is 0.250. The number of hydrogen-bond acceptors (Lipinski definition) is 8. The largest absolute Gasteiger partial charge is 0.331 e. The average Bonchev–Trinajstić information content (AvgIpc) is 3.35. The monoisotopic (exact) mass is 386 g/mol. The van der Waals surface area contributed by atoms with Crippen LogP contribution in [0.15, 0.2) is 24.5 Å². The van der Waals surface area contributed by atoms with E-state index in [1.54, 1.807) is 12.4 Å². The number of rotatable bonds is 1. The SMILES string of the molecule is Cc1nc2cnc3c4c(c-2n1)N(c1c(C)ccc2[nH]ncc12)CC(=O)C4NN3C. The van der Waals surface area contributed by atoms with Crippen LogP contribution in [0.25, 0.3) is 22.3 Å². The second-order valence-corrected chi connectivity index (χ2v) is 7.58. The van der Waals surface area contributed by atoms with Crippen molar-refractivity contribution < 1.29 is 4.79 Å². The Morgan fingerprint density at radius 3 is 2.86 bits per heavy atom. The molecule has 1 aromatic heterocycles. The van der Waals surface area contributed by atoms with E-state index in [9.17, 15) is 4.79 Å². The van der Waals surface area contributed by atoms with Gasteiger partial charge in [0.25, 0.3) is 0 Å². The van der Waals surface area contributed by atoms with Gasteiger partial charge in [-0.15, -0.1) is 0 Å². The molecule has 1 atom stereocenters. The van der Waals surface area contributed by atoms with Crippen LogP contribution in [0, 0.1) is 13.8 Å². The third-order valence-corrected chi connectivity index (χ3v) is 5.73. The summed E-state index contributed by atoms with van der Waals surface area (Å²) in [7, 11) is 1.87. The summed E-state index contributed by atoms with van der Waals surface area (Å²) in [6, 6.07) is 3.60. The zero-order valence-corrected chi connectivity index (χ0v) is 16.2. The number of fused-ring (bicyclic) bond motifs is 3. The van der Waals surface area contributed by atoms with Crippen LogP contribution in [0.1, 0.15) is 23.0 Å². The van der Waals surface area contributed by atoms with Crippen LogP contribution >= 0.6 is 0 Å². The molecule has 1 unspecified atom stereocenters. The zero-order valence-electron chi connectivity index (χ0n) is 16.2. The van der Waals surface area contributed by atoms with Gasteiger partial charge < -0.3 is 4.90 Å². The molecule has 5 heterocycles. The number of aryl methyl sites for hydroxylation is 2. The minimum atomic E-state index is -0.440. The number of imidazole rings is 1. The van der Waals surface area contributed by atoms with Crippen molar-refractivity contribution in [2.45, 2.75) is 19.9 Å². The number of anilines is 3. The number of H-pyrrole nitrogens is 1. The average molecular weight is 386 g/mol. The van der Waals surface area contributed by atoms with E-state index in [0.717, 1.165) is 50.6 Å². The minimum absolute atomic E-state index is 0.0837. The summed E-state index contributed by atoms with van der Waals surface area (Å²) < 4.78 is 0. The molecule has 0 radical (unpaired) electrons. The Hall–Kier alpha value is -3.59. The number of nitrogens with zero attached hydrogens (tertiary/aromatic N) is 6. The molecule has 29 heavy (non-hydrogen) atoms. The van der Waals surface area contributed by atoms with Crippen molar-refractivity contribution in [2.24, 2.45) is 0 Å². The zero-order chi connectivity index (χ0) is 19.9. The molecule has 4 aliphatic rings. The summed E-state index contributed by atoms with van der Waals surface area (Å²) in [5.74, 6) is 1.49. The lowest BCUT2D eigenvalue weighted by atomic mass is 9.95. The lowest BCUT2D eigenvalue weighted by Gasteiger charge is -2.33. The van der Waals surface area contributed by atoms with Crippen LogP contribution in [-0.2, 0) is 4.79 Å². The molecule has 0 bridgehead atoms. The third kappa shape index (κ3) is 2.10. The topological polar surface area (TPSA) is 103 Å². The van der Waals surface area contributed by atoms with Gasteiger partial charge in [0.15, 0.2) is 5.78 Å². The van der Waals surface area contributed by atoms with Crippen LogP contribution in [-0.4, -0.2) is 44.5 Å². The minimum Gasteiger partial charge on any atom is -0.331 e. The number of hydrogen-bond donors (Lipinski definition) is 2. The van der Waals surface area contributed by atoms with Crippen molar-refractivity contribution in [3.8, 4) is 11.4 Å². The number of aromatic nitrogens is 5. The smallest absolute Gasteiger partial charge is 0.175 e. The molecule has 0 amide bonds. The molecule has 0 saturated carbocycles. The summed E-state index contributed by atoms with van der Waals surface area (Å²) in [5, 5.41) is 10.0. The molecule has 144 valence electrons. The molecule has 2 N–H and O–H groups in total. The first kappa shape index (κ1) is 16.4. The van der Waals surface area contributed by atoms with Gasteiger partial charge in [-0.1, -0.05) is 6.07 Å². The molecule has 0 spiro atoms. The Balaban J connectivity index is 1.75. The van der Waals surface area contributed by atoms with Crippen LogP contribution in [0.4, 0.5) is 17.2 Å². The van der Waals surface area contributed by atoms with Gasteiger partial charge in [-0.2, -0.15) is 5.10 Å². The number of carbonyl (C=O) groups excluding carboxylic acids is 1. The summed E-state index contributed by atoms with van der Waals surface area (Å²) in [5.41, 5.74) is 9.37. The van der Waals surface area contributed by atoms with Gasteiger partial charge >= 0.3 is 0 Å². The van der Waals surface area contributed by atoms with Gasteiger partial charge in [-0.05, 0) is 25.5 Å². The van der Waals surface area contributed by atoms with E-state index in [-0.39, 0.29) is 12.3 Å². The predicted octanol–water partition coefficient (Wildman–Crippen LogP) is 2.19. The van der Waals surface area contributed by atoms with Crippen molar-refractivity contribution in [3.05, 3.63) is 41.5 Å². The van der Waals surface area contributed by atoms with Crippen molar-refractivity contribution in [2.75, 3.05) is 23.5 Å². The van der Waals surface area contributed by atoms with Crippen molar-refractivity contribution in [1.82, 2.24) is 30.6 Å². The maximum absolute atomic E-state index is 13.2. The fourth-order valence-corrected chi connectivity index (χ4v) is 4.51. The molecular formula is C20H18N8O. The Kier molecular flexibility index (Phi) is 3.09. The summed E-state index contributed by atoms with van der Waals surface area (Å²) in [6.45, 7) is 4.15. The number of Topliss-reactive ketones (excluding diaryl/α,β-unsaturated/α-hetero) is 1. The number of benzene rings is 1. The van der Waals surface area contributed by atoms with Crippen molar-refractivity contribution in [1.29, 1.82) is 0 Å². The normalized spacial score (nSPS) is 18.2. The van der Waals surface area contributed by atoms with E-state index < -0.39 is 6.04 Å². The molecule has 2 aromatic rings. The van der Waals surface area contributed by atoms with E-state index >= 15 is 0 Å². The Morgan fingerprint density at radius 2 is 2.00 bits per heavy atom.